The molecule has 3 aliphatic rings. The van der Waals surface area contributed by atoms with Crippen LogP contribution in [0.5, 0.6) is 0 Å². The molecule has 3 fully saturated rings. The second-order valence-corrected chi connectivity index (χ2v) is 8.76. The van der Waals surface area contributed by atoms with E-state index in [0.29, 0.717) is 5.92 Å². The van der Waals surface area contributed by atoms with Crippen LogP contribution in [0.3, 0.4) is 0 Å². The summed E-state index contributed by atoms with van der Waals surface area (Å²) in [5, 5.41) is 7.72. The number of likely N-dealkylation sites (tertiary alicyclic amines) is 1. The lowest BCUT2D eigenvalue weighted by Crippen LogP contribution is -2.51. The van der Waals surface area contributed by atoms with E-state index < -0.39 is 0 Å². The summed E-state index contributed by atoms with van der Waals surface area (Å²) in [6.45, 7) is 6.46. The molecule has 0 saturated carbocycles. The summed E-state index contributed by atoms with van der Waals surface area (Å²) in [6.07, 6.45) is 11.3. The number of furan rings is 1. The van der Waals surface area contributed by atoms with Crippen LogP contribution in [0.2, 0.25) is 0 Å². The summed E-state index contributed by atoms with van der Waals surface area (Å²) in [6, 6.07) is 6.94. The van der Waals surface area contributed by atoms with Gasteiger partial charge in [-0.05, 0) is 88.8 Å². The van der Waals surface area contributed by atoms with Gasteiger partial charge in [-0.1, -0.05) is 6.42 Å². The third-order valence-corrected chi connectivity index (χ3v) is 7.12. The largest absolute Gasteiger partial charge is 0.463 e. The van der Waals surface area contributed by atoms with E-state index in [0.717, 1.165) is 23.4 Å². The Bertz CT molecular complexity index is 715. The van der Waals surface area contributed by atoms with Crippen molar-refractivity contribution in [3.63, 3.8) is 0 Å². The fraction of sp³-hybridized carbons (Fsp3) is 0.682. The van der Waals surface area contributed by atoms with E-state index in [1.165, 1.54) is 83.4 Å². The first-order chi connectivity index (χ1) is 13.4. The molecule has 5 heteroatoms. The molecule has 27 heavy (non-hydrogen) atoms. The Morgan fingerprint density at radius 3 is 2.78 bits per heavy atom. The minimum Gasteiger partial charge on any atom is -0.463 e. The number of nitrogens with zero attached hydrogens (tertiary/aromatic N) is 3. The van der Waals surface area contributed by atoms with Gasteiger partial charge in [0.05, 0.1) is 6.26 Å². The van der Waals surface area contributed by atoms with Crippen LogP contribution in [0.1, 0.15) is 56.6 Å². The molecule has 5 rings (SSSR count). The predicted molar refractivity (Wildman–Crippen MR) is 107 cm³/mol. The number of nitrogens with one attached hydrogen (secondary N) is 1. The van der Waals surface area contributed by atoms with Gasteiger partial charge in [0.2, 0.25) is 0 Å². The van der Waals surface area contributed by atoms with Crippen molar-refractivity contribution in [3.8, 4) is 11.5 Å². The molecule has 146 valence electrons. The molecule has 2 aromatic heterocycles. The van der Waals surface area contributed by atoms with Crippen LogP contribution < -0.4 is 0 Å². The number of piperidine rings is 3. The summed E-state index contributed by atoms with van der Waals surface area (Å²) in [4.78, 5) is 5.54. The van der Waals surface area contributed by atoms with Crippen molar-refractivity contribution in [1.29, 1.82) is 0 Å². The van der Waals surface area contributed by atoms with Gasteiger partial charge in [0.15, 0.2) is 5.76 Å². The van der Waals surface area contributed by atoms with Crippen LogP contribution in [0, 0.1) is 5.92 Å². The Balaban J connectivity index is 1.16. The van der Waals surface area contributed by atoms with E-state index in [9.17, 15) is 0 Å². The Kier molecular flexibility index (Phi) is 5.06. The summed E-state index contributed by atoms with van der Waals surface area (Å²) in [5.41, 5.74) is 2.20. The first-order valence-corrected chi connectivity index (χ1v) is 10.9. The fourth-order valence-corrected chi connectivity index (χ4v) is 5.64. The summed E-state index contributed by atoms with van der Waals surface area (Å²) in [7, 11) is 0. The number of fused-ring (bicyclic) bond motifs is 1. The minimum atomic E-state index is 0.606. The molecule has 0 bridgehead atoms. The SMILES string of the molecule is c1coc(-c2cc(C3CCN(C[C@@H]4CCCN5CCCC[C@H]45)CC3)[nH]n2)c1. The van der Waals surface area contributed by atoms with Crippen molar-refractivity contribution < 1.29 is 4.42 Å². The molecule has 2 atom stereocenters. The summed E-state index contributed by atoms with van der Waals surface area (Å²) >= 11 is 0. The number of aromatic amines is 1. The van der Waals surface area contributed by atoms with Crippen LogP contribution in [0.25, 0.3) is 11.5 Å². The third kappa shape index (κ3) is 3.72. The quantitative estimate of drug-likeness (QED) is 0.882. The van der Waals surface area contributed by atoms with Crippen molar-refractivity contribution in [2.24, 2.45) is 5.92 Å². The molecule has 5 nitrogen and oxygen atoms in total. The Morgan fingerprint density at radius 2 is 1.93 bits per heavy atom. The van der Waals surface area contributed by atoms with Gasteiger partial charge < -0.3 is 14.2 Å². The van der Waals surface area contributed by atoms with E-state index in [1.54, 1.807) is 6.26 Å². The van der Waals surface area contributed by atoms with Crippen LogP contribution in [0.15, 0.2) is 28.9 Å². The van der Waals surface area contributed by atoms with Crippen LogP contribution in [-0.4, -0.2) is 58.8 Å². The second kappa shape index (κ2) is 7.80. The molecule has 1 N–H and O–H groups in total. The van der Waals surface area contributed by atoms with Gasteiger partial charge in [0, 0.05) is 24.2 Å². The van der Waals surface area contributed by atoms with Gasteiger partial charge in [-0.2, -0.15) is 5.10 Å². The normalized spacial score (nSPS) is 28.3. The van der Waals surface area contributed by atoms with Gasteiger partial charge in [-0.3, -0.25) is 5.10 Å². The zero-order valence-corrected chi connectivity index (χ0v) is 16.3. The van der Waals surface area contributed by atoms with E-state index in [1.807, 2.05) is 12.1 Å². The summed E-state index contributed by atoms with van der Waals surface area (Å²) < 4.78 is 5.47. The lowest BCUT2D eigenvalue weighted by molar-refractivity contribution is 0.0358. The highest BCUT2D eigenvalue weighted by Crippen LogP contribution is 2.34. The molecule has 2 aromatic rings. The molecular weight excluding hydrogens is 336 g/mol. The number of hydrogen-bond donors (Lipinski definition) is 1. The third-order valence-electron chi connectivity index (χ3n) is 7.12. The van der Waals surface area contributed by atoms with Crippen molar-refractivity contribution in [1.82, 2.24) is 20.0 Å². The Labute approximate surface area is 162 Å². The average molecular weight is 369 g/mol. The van der Waals surface area contributed by atoms with Crippen LogP contribution in [-0.2, 0) is 0 Å². The minimum absolute atomic E-state index is 0.606. The van der Waals surface area contributed by atoms with Gasteiger partial charge in [-0.25, -0.2) is 0 Å². The maximum atomic E-state index is 5.47. The number of H-pyrrole nitrogens is 1. The second-order valence-electron chi connectivity index (χ2n) is 8.76. The molecule has 0 aromatic carbocycles. The van der Waals surface area contributed by atoms with Gasteiger partial charge >= 0.3 is 0 Å². The maximum Gasteiger partial charge on any atom is 0.154 e. The predicted octanol–water partition coefficient (Wildman–Crippen LogP) is 4.11. The zero-order chi connectivity index (χ0) is 18.1. The lowest BCUT2D eigenvalue weighted by atomic mass is 9.82. The monoisotopic (exact) mass is 368 g/mol. The molecule has 0 amide bonds. The fourth-order valence-electron chi connectivity index (χ4n) is 5.64. The molecule has 5 heterocycles. The van der Waals surface area contributed by atoms with Crippen molar-refractivity contribution in [2.75, 3.05) is 32.7 Å². The van der Waals surface area contributed by atoms with Crippen molar-refractivity contribution >= 4 is 0 Å². The number of rotatable bonds is 4. The zero-order valence-electron chi connectivity index (χ0n) is 16.3. The molecule has 3 aliphatic heterocycles. The molecule has 0 aliphatic carbocycles. The maximum absolute atomic E-state index is 5.47. The van der Waals surface area contributed by atoms with Crippen LogP contribution in [0.4, 0.5) is 0 Å². The first-order valence-electron chi connectivity index (χ1n) is 10.9. The standard InChI is InChI=1S/C22H32N4O/c1-2-10-26-11-3-5-18(21(26)6-1)16-25-12-8-17(9-13-25)19-15-20(24-23-19)22-7-4-14-27-22/h4,7,14-15,17-18,21H,1-3,5-6,8-13,16H2,(H,23,24)/t18-,21+/m0/s1. The smallest absolute Gasteiger partial charge is 0.154 e. The molecule has 3 saturated heterocycles. The van der Waals surface area contributed by atoms with E-state index in [-0.39, 0.29) is 0 Å². The lowest BCUT2D eigenvalue weighted by Gasteiger charge is -2.46. The Hall–Kier alpha value is -1.59. The number of aromatic nitrogens is 2. The van der Waals surface area contributed by atoms with Gasteiger partial charge in [-0.15, -0.1) is 0 Å². The van der Waals surface area contributed by atoms with E-state index in [2.05, 4.69) is 26.1 Å². The first kappa shape index (κ1) is 17.5. The van der Waals surface area contributed by atoms with E-state index in [4.69, 9.17) is 4.42 Å². The summed E-state index contributed by atoms with van der Waals surface area (Å²) in [5.74, 6) is 2.35. The molecule has 0 unspecified atom stereocenters. The Morgan fingerprint density at radius 1 is 1.04 bits per heavy atom. The average Bonchev–Trinajstić information content (AvgIpc) is 3.41. The number of hydrogen-bond acceptors (Lipinski definition) is 4. The highest BCUT2D eigenvalue weighted by Gasteiger charge is 2.34. The van der Waals surface area contributed by atoms with Crippen LogP contribution >= 0.6 is 0 Å². The molecule has 0 spiro atoms. The van der Waals surface area contributed by atoms with E-state index >= 15 is 0 Å². The highest BCUT2D eigenvalue weighted by molar-refractivity contribution is 5.52. The molecule has 0 radical (unpaired) electrons. The highest BCUT2D eigenvalue weighted by atomic mass is 16.3. The topological polar surface area (TPSA) is 48.3 Å². The van der Waals surface area contributed by atoms with Gasteiger partial charge in [0.1, 0.15) is 5.69 Å². The van der Waals surface area contributed by atoms with Crippen molar-refractivity contribution in [2.45, 2.75) is 56.9 Å². The van der Waals surface area contributed by atoms with Crippen molar-refractivity contribution in [3.05, 3.63) is 30.2 Å². The van der Waals surface area contributed by atoms with Gasteiger partial charge in [0.25, 0.3) is 0 Å². The molecular formula is C22H32N4O.